The number of carboxylic acids is 1. The van der Waals surface area contributed by atoms with Crippen LogP contribution in [0.1, 0.15) is 33.6 Å². The molecule has 0 bridgehead atoms. The Morgan fingerprint density at radius 1 is 0.893 bits per heavy atom. The maximum atomic E-state index is 12.2. The first-order chi connectivity index (χ1) is 12.9. The molecule has 0 aliphatic heterocycles. The molecule has 0 aromatic rings. The minimum Gasteiger partial charge on any atom is -0.480 e. The van der Waals surface area contributed by atoms with Crippen molar-refractivity contribution in [2.24, 2.45) is 17.4 Å². The average molecular weight is 403 g/mol. The maximum Gasteiger partial charge on any atom is 0.326 e. The Morgan fingerprint density at radius 2 is 1.43 bits per heavy atom. The van der Waals surface area contributed by atoms with E-state index < -0.39 is 66.8 Å². The van der Waals surface area contributed by atoms with Crippen molar-refractivity contribution in [1.82, 2.24) is 16.0 Å². The van der Waals surface area contributed by atoms with E-state index in [4.69, 9.17) is 16.6 Å². The number of aliphatic carboxylic acids is 1. The summed E-state index contributed by atoms with van der Waals surface area (Å²) in [6, 6.07) is -4.97. The van der Waals surface area contributed by atoms with Gasteiger partial charge in [0.15, 0.2) is 0 Å². The van der Waals surface area contributed by atoms with E-state index in [1.807, 2.05) is 0 Å². The summed E-state index contributed by atoms with van der Waals surface area (Å²) >= 11 is 0. The molecule has 0 rings (SSSR count). The molecule has 0 heterocycles. The number of carboxylic acid groups (broad SMARTS) is 1. The average Bonchev–Trinajstić information content (AvgIpc) is 2.57. The van der Waals surface area contributed by atoms with Gasteiger partial charge in [0.25, 0.3) is 0 Å². The normalized spacial score (nSPS) is 15.1. The van der Waals surface area contributed by atoms with E-state index in [1.165, 1.54) is 6.92 Å². The van der Waals surface area contributed by atoms with E-state index in [0.717, 1.165) is 0 Å². The highest BCUT2D eigenvalue weighted by Gasteiger charge is 2.28. The Kier molecular flexibility index (Phi) is 10.7. The SMILES string of the molecule is CC(C)CC(NC(=O)C(C)NC(=O)C(CO)NC(=O)C(N)CC(N)=O)C(=O)O. The number of rotatable bonds is 12. The zero-order valence-electron chi connectivity index (χ0n) is 16.1. The van der Waals surface area contributed by atoms with Crippen LogP contribution in [0.25, 0.3) is 0 Å². The topological polar surface area (TPSA) is 214 Å². The third kappa shape index (κ3) is 9.28. The fourth-order valence-corrected chi connectivity index (χ4v) is 2.15. The van der Waals surface area contributed by atoms with Crippen LogP contribution in [0, 0.1) is 5.92 Å². The third-order valence-corrected chi connectivity index (χ3v) is 3.65. The van der Waals surface area contributed by atoms with E-state index in [2.05, 4.69) is 16.0 Å². The van der Waals surface area contributed by atoms with Gasteiger partial charge < -0.3 is 37.6 Å². The number of hydrogen-bond donors (Lipinski definition) is 7. The number of amides is 4. The smallest absolute Gasteiger partial charge is 0.326 e. The molecule has 0 saturated heterocycles. The van der Waals surface area contributed by atoms with Crippen LogP contribution in [0.4, 0.5) is 0 Å². The highest BCUT2D eigenvalue weighted by atomic mass is 16.4. The fraction of sp³-hybridized carbons (Fsp3) is 0.688. The van der Waals surface area contributed by atoms with Crippen molar-refractivity contribution in [3.05, 3.63) is 0 Å². The summed E-state index contributed by atoms with van der Waals surface area (Å²) in [5, 5.41) is 25.2. The summed E-state index contributed by atoms with van der Waals surface area (Å²) in [4.78, 5) is 58.1. The molecule has 0 spiro atoms. The Labute approximate surface area is 162 Å². The molecule has 4 unspecified atom stereocenters. The zero-order valence-corrected chi connectivity index (χ0v) is 16.1. The molecule has 0 saturated carbocycles. The molecule has 0 aromatic carbocycles. The minimum atomic E-state index is -1.42. The third-order valence-electron chi connectivity index (χ3n) is 3.65. The van der Waals surface area contributed by atoms with Crippen LogP contribution in [0.15, 0.2) is 0 Å². The van der Waals surface area contributed by atoms with Gasteiger partial charge in [-0.2, -0.15) is 0 Å². The van der Waals surface area contributed by atoms with Gasteiger partial charge in [-0.15, -0.1) is 0 Å². The summed E-state index contributed by atoms with van der Waals surface area (Å²) in [5.74, 6) is -4.51. The van der Waals surface area contributed by atoms with E-state index >= 15 is 0 Å². The lowest BCUT2D eigenvalue weighted by molar-refractivity contribution is -0.142. The van der Waals surface area contributed by atoms with Crippen molar-refractivity contribution in [3.8, 4) is 0 Å². The van der Waals surface area contributed by atoms with Crippen LogP contribution < -0.4 is 27.4 Å². The summed E-state index contributed by atoms with van der Waals surface area (Å²) in [6.07, 6.45) is -0.244. The van der Waals surface area contributed by atoms with Crippen molar-refractivity contribution in [2.45, 2.75) is 57.8 Å². The Bertz CT molecular complexity index is 596. The number of nitrogens with one attached hydrogen (secondary N) is 3. The van der Waals surface area contributed by atoms with Crippen LogP contribution in [0.5, 0.6) is 0 Å². The molecule has 0 aromatic heterocycles. The number of carbonyl (C=O) groups is 5. The zero-order chi connectivity index (χ0) is 22.0. The molecule has 0 radical (unpaired) electrons. The first-order valence-electron chi connectivity index (χ1n) is 8.67. The van der Waals surface area contributed by atoms with E-state index in [-0.39, 0.29) is 12.3 Å². The van der Waals surface area contributed by atoms with Crippen LogP contribution in [0.3, 0.4) is 0 Å². The molecule has 4 atom stereocenters. The number of carbonyl (C=O) groups excluding carboxylic acids is 4. The molecular formula is C16H29N5O7. The number of nitrogens with two attached hydrogens (primary N) is 2. The van der Waals surface area contributed by atoms with Gasteiger partial charge in [-0.05, 0) is 19.3 Å². The number of aliphatic hydroxyl groups excluding tert-OH is 1. The van der Waals surface area contributed by atoms with Gasteiger partial charge in [-0.1, -0.05) is 13.8 Å². The van der Waals surface area contributed by atoms with Crippen LogP contribution in [0.2, 0.25) is 0 Å². The van der Waals surface area contributed by atoms with Gasteiger partial charge in [0.1, 0.15) is 18.1 Å². The van der Waals surface area contributed by atoms with Crippen molar-refractivity contribution in [2.75, 3.05) is 6.61 Å². The second-order valence-electron chi connectivity index (χ2n) is 6.78. The molecule has 9 N–H and O–H groups in total. The summed E-state index contributed by atoms with van der Waals surface area (Å²) in [6.45, 7) is 4.12. The molecule has 0 aliphatic carbocycles. The lowest BCUT2D eigenvalue weighted by Crippen LogP contribution is -2.57. The van der Waals surface area contributed by atoms with Gasteiger partial charge in [0.2, 0.25) is 23.6 Å². The van der Waals surface area contributed by atoms with Gasteiger partial charge in [0.05, 0.1) is 19.1 Å². The van der Waals surface area contributed by atoms with Crippen molar-refractivity contribution in [1.29, 1.82) is 0 Å². The number of hydrogen-bond acceptors (Lipinski definition) is 7. The number of aliphatic hydroxyl groups is 1. The number of primary amides is 1. The monoisotopic (exact) mass is 403 g/mol. The highest BCUT2D eigenvalue weighted by molar-refractivity contribution is 5.94. The minimum absolute atomic E-state index is 0.0184. The molecule has 12 nitrogen and oxygen atoms in total. The van der Waals surface area contributed by atoms with Gasteiger partial charge in [-0.3, -0.25) is 19.2 Å². The molecule has 160 valence electrons. The predicted octanol–water partition coefficient (Wildman–Crippen LogP) is -3.21. The van der Waals surface area contributed by atoms with Gasteiger partial charge >= 0.3 is 5.97 Å². The molecule has 28 heavy (non-hydrogen) atoms. The van der Waals surface area contributed by atoms with Gasteiger partial charge in [0, 0.05) is 0 Å². The van der Waals surface area contributed by atoms with E-state index in [1.54, 1.807) is 13.8 Å². The molecule has 0 aliphatic rings. The van der Waals surface area contributed by atoms with E-state index in [9.17, 15) is 29.1 Å². The largest absolute Gasteiger partial charge is 0.480 e. The quantitative estimate of drug-likeness (QED) is 0.175. The summed E-state index contributed by atoms with van der Waals surface area (Å²) in [7, 11) is 0. The first-order valence-corrected chi connectivity index (χ1v) is 8.67. The maximum absolute atomic E-state index is 12.2. The lowest BCUT2D eigenvalue weighted by Gasteiger charge is -2.22. The standard InChI is InChI=1S/C16H29N5O7/c1-7(2)4-10(16(27)28)20-13(24)8(3)19-15(26)11(6-22)21-14(25)9(17)5-12(18)23/h7-11,22H,4-6,17H2,1-3H3,(H2,18,23)(H,19,26)(H,20,24)(H,21,25)(H,27,28). The Morgan fingerprint density at radius 3 is 1.86 bits per heavy atom. The van der Waals surface area contributed by atoms with Crippen LogP contribution >= 0.6 is 0 Å². The molecular weight excluding hydrogens is 374 g/mol. The summed E-state index contributed by atoms with van der Waals surface area (Å²) in [5.41, 5.74) is 10.4. The second kappa shape index (κ2) is 11.9. The van der Waals surface area contributed by atoms with Crippen LogP contribution in [-0.4, -0.2) is 70.6 Å². The first kappa shape index (κ1) is 25.3. The molecule has 0 fully saturated rings. The van der Waals surface area contributed by atoms with Crippen LogP contribution in [-0.2, 0) is 24.0 Å². The predicted molar refractivity (Wildman–Crippen MR) is 97.4 cm³/mol. The van der Waals surface area contributed by atoms with Crippen molar-refractivity contribution < 1.29 is 34.2 Å². The second-order valence-corrected chi connectivity index (χ2v) is 6.78. The Hall–Kier alpha value is -2.73. The molecule has 4 amide bonds. The fourth-order valence-electron chi connectivity index (χ4n) is 2.15. The Balaban J connectivity index is 4.82. The molecule has 12 heteroatoms. The lowest BCUT2D eigenvalue weighted by atomic mass is 10.0. The van der Waals surface area contributed by atoms with Crippen molar-refractivity contribution in [3.63, 3.8) is 0 Å². The summed E-state index contributed by atoms with van der Waals surface area (Å²) < 4.78 is 0. The van der Waals surface area contributed by atoms with Crippen molar-refractivity contribution >= 4 is 29.6 Å². The van der Waals surface area contributed by atoms with E-state index in [0.29, 0.717) is 0 Å². The highest BCUT2D eigenvalue weighted by Crippen LogP contribution is 2.05. The van der Waals surface area contributed by atoms with Gasteiger partial charge in [-0.25, -0.2) is 4.79 Å².